The first-order chi connectivity index (χ1) is 13.1. The van der Waals surface area contributed by atoms with Crippen molar-refractivity contribution < 1.29 is 9.53 Å². The summed E-state index contributed by atoms with van der Waals surface area (Å²) in [5.74, 6) is 1.78. The van der Waals surface area contributed by atoms with Crippen LogP contribution in [0.1, 0.15) is 21.7 Å². The summed E-state index contributed by atoms with van der Waals surface area (Å²) in [5, 5.41) is 6.57. The van der Waals surface area contributed by atoms with Gasteiger partial charge < -0.3 is 15.4 Å². The molecule has 0 unspecified atom stereocenters. The van der Waals surface area contributed by atoms with Crippen molar-refractivity contribution in [1.29, 1.82) is 0 Å². The molecule has 1 heterocycles. The molecule has 0 amide bonds. The number of hydrogen-bond donors (Lipinski definition) is 2. The van der Waals surface area contributed by atoms with Crippen molar-refractivity contribution in [2.24, 2.45) is 0 Å². The number of methoxy groups -OCH3 is 1. The topological polar surface area (TPSA) is 76.1 Å². The fourth-order valence-electron chi connectivity index (χ4n) is 2.66. The van der Waals surface area contributed by atoms with E-state index in [9.17, 15) is 4.79 Å². The van der Waals surface area contributed by atoms with E-state index in [1.165, 1.54) is 12.7 Å². The van der Waals surface area contributed by atoms with Gasteiger partial charge in [-0.3, -0.25) is 0 Å². The van der Waals surface area contributed by atoms with E-state index in [0.717, 1.165) is 24.5 Å². The number of carbonyl (C=O) groups excluding carboxylic acids is 1. The Kier molecular flexibility index (Phi) is 5.99. The Morgan fingerprint density at radius 3 is 2.41 bits per heavy atom. The number of nitrogens with zero attached hydrogens (tertiary/aromatic N) is 2. The van der Waals surface area contributed by atoms with E-state index in [2.05, 4.69) is 32.7 Å². The van der Waals surface area contributed by atoms with Gasteiger partial charge in [-0.15, -0.1) is 0 Å². The predicted molar refractivity (Wildman–Crippen MR) is 106 cm³/mol. The number of esters is 1. The lowest BCUT2D eigenvalue weighted by molar-refractivity contribution is 0.0601. The van der Waals surface area contributed by atoms with Gasteiger partial charge in [0, 0.05) is 18.3 Å². The molecular weight excluding hydrogens is 340 g/mol. The van der Waals surface area contributed by atoms with E-state index in [1.54, 1.807) is 12.1 Å². The lowest BCUT2D eigenvalue weighted by atomic mass is 10.1. The maximum atomic E-state index is 11.5. The van der Waals surface area contributed by atoms with Crippen LogP contribution in [0, 0.1) is 6.92 Å². The van der Waals surface area contributed by atoms with Crippen molar-refractivity contribution in [2.45, 2.75) is 13.3 Å². The van der Waals surface area contributed by atoms with Gasteiger partial charge in [0.25, 0.3) is 0 Å². The quantitative estimate of drug-likeness (QED) is 0.620. The fraction of sp³-hybridized carbons (Fsp3) is 0.190. The van der Waals surface area contributed by atoms with Crippen molar-refractivity contribution in [2.75, 3.05) is 24.3 Å². The Morgan fingerprint density at radius 2 is 1.70 bits per heavy atom. The second-order valence-electron chi connectivity index (χ2n) is 6.04. The van der Waals surface area contributed by atoms with Crippen LogP contribution in [0.3, 0.4) is 0 Å². The van der Waals surface area contributed by atoms with Gasteiger partial charge in [0.2, 0.25) is 0 Å². The van der Waals surface area contributed by atoms with Crippen molar-refractivity contribution in [3.05, 3.63) is 77.6 Å². The van der Waals surface area contributed by atoms with E-state index in [0.29, 0.717) is 17.2 Å². The molecule has 6 nitrogen and oxygen atoms in total. The molecule has 3 rings (SSSR count). The molecule has 0 aliphatic rings. The minimum Gasteiger partial charge on any atom is -0.465 e. The number of aromatic nitrogens is 2. The standard InChI is InChI=1S/C21H22N4O2/c1-15-23-19(22-13-12-16-6-4-3-5-7-16)14-20(24-15)25-18-10-8-17(9-11-18)21(26)27-2/h3-11,14H,12-13H2,1-2H3,(H2,22,23,24,25). The molecule has 1 aromatic heterocycles. The number of aryl methyl sites for hydroxylation is 1. The summed E-state index contributed by atoms with van der Waals surface area (Å²) < 4.78 is 4.71. The molecule has 6 heteroatoms. The normalized spacial score (nSPS) is 10.3. The molecule has 2 aromatic carbocycles. The van der Waals surface area contributed by atoms with Gasteiger partial charge in [0.05, 0.1) is 12.7 Å². The van der Waals surface area contributed by atoms with Crippen molar-refractivity contribution in [3.8, 4) is 0 Å². The first kappa shape index (κ1) is 18.4. The van der Waals surface area contributed by atoms with Gasteiger partial charge in [-0.1, -0.05) is 30.3 Å². The molecule has 0 atom stereocenters. The third-order valence-corrected chi connectivity index (χ3v) is 3.98. The largest absolute Gasteiger partial charge is 0.465 e. The van der Waals surface area contributed by atoms with E-state index in [-0.39, 0.29) is 5.97 Å². The molecule has 0 saturated heterocycles. The molecule has 0 radical (unpaired) electrons. The van der Waals surface area contributed by atoms with Crippen LogP contribution in [0.5, 0.6) is 0 Å². The minimum absolute atomic E-state index is 0.357. The Hall–Kier alpha value is -3.41. The van der Waals surface area contributed by atoms with Crippen LogP contribution in [0.25, 0.3) is 0 Å². The van der Waals surface area contributed by atoms with Gasteiger partial charge in [-0.2, -0.15) is 0 Å². The summed E-state index contributed by atoms with van der Waals surface area (Å²) in [6.45, 7) is 2.64. The SMILES string of the molecule is COC(=O)c1ccc(Nc2cc(NCCc3ccccc3)nc(C)n2)cc1. The summed E-state index contributed by atoms with van der Waals surface area (Å²) >= 11 is 0. The zero-order valence-corrected chi connectivity index (χ0v) is 15.4. The Balaban J connectivity index is 1.63. The van der Waals surface area contributed by atoms with Crippen molar-refractivity contribution in [1.82, 2.24) is 9.97 Å². The van der Waals surface area contributed by atoms with Gasteiger partial charge in [-0.05, 0) is 43.2 Å². The number of anilines is 3. The lowest BCUT2D eigenvalue weighted by Gasteiger charge is -2.11. The molecule has 0 aliphatic carbocycles. The molecule has 0 fully saturated rings. The zero-order valence-electron chi connectivity index (χ0n) is 15.4. The highest BCUT2D eigenvalue weighted by Crippen LogP contribution is 2.18. The predicted octanol–water partition coefficient (Wildman–Crippen LogP) is 3.97. The monoisotopic (exact) mass is 362 g/mol. The smallest absolute Gasteiger partial charge is 0.337 e. The molecule has 0 bridgehead atoms. The third kappa shape index (κ3) is 5.28. The van der Waals surface area contributed by atoms with Gasteiger partial charge in [0.1, 0.15) is 17.5 Å². The second-order valence-corrected chi connectivity index (χ2v) is 6.04. The Morgan fingerprint density at radius 1 is 1.00 bits per heavy atom. The fourth-order valence-corrected chi connectivity index (χ4v) is 2.66. The number of ether oxygens (including phenoxy) is 1. The van der Waals surface area contributed by atoms with Gasteiger partial charge in [-0.25, -0.2) is 14.8 Å². The first-order valence-corrected chi connectivity index (χ1v) is 8.73. The molecule has 3 aromatic rings. The van der Waals surface area contributed by atoms with Crippen molar-refractivity contribution in [3.63, 3.8) is 0 Å². The van der Waals surface area contributed by atoms with Crippen LogP contribution in [-0.4, -0.2) is 29.6 Å². The molecule has 0 saturated carbocycles. The summed E-state index contributed by atoms with van der Waals surface area (Å²) in [6.07, 6.45) is 0.918. The Labute approximate surface area is 158 Å². The van der Waals surface area contributed by atoms with Crippen LogP contribution in [0.4, 0.5) is 17.3 Å². The van der Waals surface area contributed by atoms with Crippen LogP contribution in [0.15, 0.2) is 60.7 Å². The highest BCUT2D eigenvalue weighted by Gasteiger charge is 2.06. The van der Waals surface area contributed by atoms with Crippen molar-refractivity contribution >= 4 is 23.3 Å². The number of nitrogens with one attached hydrogen (secondary N) is 2. The van der Waals surface area contributed by atoms with Crippen LogP contribution < -0.4 is 10.6 Å². The van der Waals surface area contributed by atoms with Crippen LogP contribution >= 0.6 is 0 Å². The summed E-state index contributed by atoms with van der Waals surface area (Å²) in [4.78, 5) is 20.4. The van der Waals surface area contributed by atoms with Crippen LogP contribution in [-0.2, 0) is 11.2 Å². The van der Waals surface area contributed by atoms with E-state index < -0.39 is 0 Å². The summed E-state index contributed by atoms with van der Waals surface area (Å²) in [5.41, 5.74) is 2.61. The van der Waals surface area contributed by atoms with E-state index in [4.69, 9.17) is 4.74 Å². The molecule has 0 aliphatic heterocycles. The molecule has 2 N–H and O–H groups in total. The number of carbonyl (C=O) groups is 1. The lowest BCUT2D eigenvalue weighted by Crippen LogP contribution is -2.08. The molecule has 138 valence electrons. The number of rotatable bonds is 7. The minimum atomic E-state index is -0.357. The van der Waals surface area contributed by atoms with E-state index >= 15 is 0 Å². The average molecular weight is 362 g/mol. The average Bonchev–Trinajstić information content (AvgIpc) is 2.68. The maximum absolute atomic E-state index is 11.5. The molecular formula is C21H22N4O2. The van der Waals surface area contributed by atoms with E-state index in [1.807, 2.05) is 43.3 Å². The van der Waals surface area contributed by atoms with Gasteiger partial charge >= 0.3 is 5.97 Å². The van der Waals surface area contributed by atoms with Gasteiger partial charge in [0.15, 0.2) is 0 Å². The Bertz CT molecular complexity index is 896. The number of hydrogen-bond acceptors (Lipinski definition) is 6. The summed E-state index contributed by atoms with van der Waals surface area (Å²) in [6, 6.07) is 19.2. The third-order valence-electron chi connectivity index (χ3n) is 3.98. The molecule has 27 heavy (non-hydrogen) atoms. The highest BCUT2D eigenvalue weighted by atomic mass is 16.5. The van der Waals surface area contributed by atoms with Crippen LogP contribution in [0.2, 0.25) is 0 Å². The summed E-state index contributed by atoms with van der Waals surface area (Å²) in [7, 11) is 1.37. The second kappa shape index (κ2) is 8.80. The number of benzene rings is 2. The first-order valence-electron chi connectivity index (χ1n) is 8.73. The zero-order chi connectivity index (χ0) is 19.1. The molecule has 0 spiro atoms. The highest BCUT2D eigenvalue weighted by molar-refractivity contribution is 5.89. The maximum Gasteiger partial charge on any atom is 0.337 e.